The van der Waals surface area contributed by atoms with Crippen molar-refractivity contribution in [3.63, 3.8) is 0 Å². The van der Waals surface area contributed by atoms with Crippen LogP contribution >= 0.6 is 0 Å². The summed E-state index contributed by atoms with van der Waals surface area (Å²) in [4.78, 5) is 19.0. The van der Waals surface area contributed by atoms with Crippen molar-refractivity contribution in [2.24, 2.45) is 5.92 Å². The summed E-state index contributed by atoms with van der Waals surface area (Å²) in [5.41, 5.74) is 7.78. The molecule has 0 aromatic carbocycles. The molecule has 1 aliphatic heterocycles. The van der Waals surface area contributed by atoms with E-state index in [4.69, 9.17) is 5.73 Å². The van der Waals surface area contributed by atoms with E-state index in [-0.39, 0.29) is 5.91 Å². The van der Waals surface area contributed by atoms with Gasteiger partial charge in [-0.2, -0.15) is 0 Å². The number of fused-ring (bicyclic) bond motifs is 1. The van der Waals surface area contributed by atoms with Crippen molar-refractivity contribution in [3.05, 3.63) is 23.5 Å². The fourth-order valence-electron chi connectivity index (χ4n) is 3.63. The van der Waals surface area contributed by atoms with E-state index in [0.29, 0.717) is 23.2 Å². The van der Waals surface area contributed by atoms with Crippen LogP contribution in [0.4, 0.5) is 5.69 Å². The van der Waals surface area contributed by atoms with Crippen molar-refractivity contribution in [3.8, 4) is 0 Å². The normalized spacial score (nSPS) is 26.3. The molecule has 1 aromatic heterocycles. The predicted molar refractivity (Wildman–Crippen MR) is 74.8 cm³/mol. The third kappa shape index (κ3) is 2.20. The van der Waals surface area contributed by atoms with E-state index in [1.54, 1.807) is 12.3 Å². The number of likely N-dealkylation sites (tertiary alicyclic amines) is 1. The first-order valence-electron chi connectivity index (χ1n) is 7.20. The van der Waals surface area contributed by atoms with Gasteiger partial charge in [-0.15, -0.1) is 0 Å². The van der Waals surface area contributed by atoms with E-state index in [1.807, 2.05) is 6.92 Å². The summed E-state index contributed by atoms with van der Waals surface area (Å²) < 4.78 is 0. The van der Waals surface area contributed by atoms with Crippen LogP contribution in [0, 0.1) is 12.8 Å². The Kier molecular flexibility index (Phi) is 3.17. The van der Waals surface area contributed by atoms with E-state index in [1.165, 1.54) is 19.3 Å². The number of aryl methyl sites for hydroxylation is 1. The summed E-state index contributed by atoms with van der Waals surface area (Å²) in [6.07, 6.45) is 7.71. The third-order valence-electron chi connectivity index (χ3n) is 4.59. The summed E-state index contributed by atoms with van der Waals surface area (Å²) >= 11 is 0. The quantitative estimate of drug-likeness (QED) is 0.842. The highest BCUT2D eigenvalue weighted by Crippen LogP contribution is 2.37. The van der Waals surface area contributed by atoms with E-state index >= 15 is 0 Å². The molecule has 2 N–H and O–H groups in total. The van der Waals surface area contributed by atoms with Gasteiger partial charge in [0.05, 0.1) is 23.1 Å². The van der Waals surface area contributed by atoms with E-state index in [0.717, 1.165) is 25.1 Å². The minimum absolute atomic E-state index is 0.119. The van der Waals surface area contributed by atoms with Gasteiger partial charge in [-0.1, -0.05) is 6.42 Å². The third-order valence-corrected chi connectivity index (χ3v) is 4.59. The lowest BCUT2D eigenvalue weighted by Crippen LogP contribution is -2.46. The molecule has 1 aliphatic carbocycles. The molecule has 2 aliphatic rings. The van der Waals surface area contributed by atoms with Gasteiger partial charge in [0.1, 0.15) is 0 Å². The lowest BCUT2D eigenvalue weighted by molar-refractivity contribution is 0.0547. The summed E-state index contributed by atoms with van der Waals surface area (Å²) in [6.45, 7) is 2.76. The summed E-state index contributed by atoms with van der Waals surface area (Å²) in [6, 6.07) is 2.21. The molecule has 2 unspecified atom stereocenters. The second-order valence-electron chi connectivity index (χ2n) is 5.80. The number of hydrogen-bond acceptors (Lipinski definition) is 3. The number of hydrogen-bond donors (Lipinski definition) is 1. The summed E-state index contributed by atoms with van der Waals surface area (Å²) in [5, 5.41) is 0. The molecule has 0 radical (unpaired) electrons. The van der Waals surface area contributed by atoms with Gasteiger partial charge in [-0.3, -0.25) is 9.78 Å². The molecular weight excluding hydrogens is 238 g/mol. The lowest BCUT2D eigenvalue weighted by atomic mass is 9.91. The molecule has 2 fully saturated rings. The Hall–Kier alpha value is -1.58. The van der Waals surface area contributed by atoms with Crippen molar-refractivity contribution in [1.29, 1.82) is 0 Å². The van der Waals surface area contributed by atoms with Gasteiger partial charge in [-0.25, -0.2) is 0 Å². The maximum absolute atomic E-state index is 12.7. The maximum atomic E-state index is 12.7. The fourth-order valence-corrected chi connectivity index (χ4v) is 3.63. The highest BCUT2D eigenvalue weighted by Gasteiger charge is 2.37. The molecule has 1 saturated carbocycles. The predicted octanol–water partition coefficient (Wildman–Crippen LogP) is 2.38. The van der Waals surface area contributed by atoms with Gasteiger partial charge in [0.15, 0.2) is 0 Å². The average molecular weight is 259 g/mol. The van der Waals surface area contributed by atoms with Crippen LogP contribution in [-0.4, -0.2) is 28.4 Å². The molecule has 4 nitrogen and oxygen atoms in total. The second-order valence-corrected chi connectivity index (χ2v) is 5.80. The van der Waals surface area contributed by atoms with Gasteiger partial charge in [0.2, 0.25) is 0 Å². The first-order chi connectivity index (χ1) is 9.16. The highest BCUT2D eigenvalue weighted by atomic mass is 16.2. The number of aromatic nitrogens is 1. The average Bonchev–Trinajstić information content (AvgIpc) is 2.89. The monoisotopic (exact) mass is 259 g/mol. The number of nitrogen functional groups attached to an aromatic ring is 1. The molecule has 1 saturated heterocycles. The Morgan fingerprint density at radius 2 is 2.16 bits per heavy atom. The van der Waals surface area contributed by atoms with Gasteiger partial charge in [-0.05, 0) is 44.6 Å². The SMILES string of the molecule is Cc1ncc(N)cc1C(=O)N1CCCC2CCCC21. The molecule has 102 valence electrons. The molecule has 4 heteroatoms. The topological polar surface area (TPSA) is 59.2 Å². The second kappa shape index (κ2) is 4.83. The van der Waals surface area contributed by atoms with Crippen LogP contribution in [0.3, 0.4) is 0 Å². The van der Waals surface area contributed by atoms with E-state index in [2.05, 4.69) is 9.88 Å². The van der Waals surface area contributed by atoms with Crippen LogP contribution in [-0.2, 0) is 0 Å². The number of piperidine rings is 1. The molecule has 2 heterocycles. The maximum Gasteiger partial charge on any atom is 0.256 e. The Balaban J connectivity index is 1.88. The smallest absolute Gasteiger partial charge is 0.256 e. The van der Waals surface area contributed by atoms with Gasteiger partial charge < -0.3 is 10.6 Å². The Morgan fingerprint density at radius 1 is 1.37 bits per heavy atom. The molecule has 0 bridgehead atoms. The van der Waals surface area contributed by atoms with E-state index < -0.39 is 0 Å². The van der Waals surface area contributed by atoms with Crippen molar-refractivity contribution >= 4 is 11.6 Å². The Morgan fingerprint density at radius 3 is 3.00 bits per heavy atom. The van der Waals surface area contributed by atoms with Crippen LogP contribution in [0.2, 0.25) is 0 Å². The molecule has 1 aromatic rings. The molecule has 19 heavy (non-hydrogen) atoms. The largest absolute Gasteiger partial charge is 0.397 e. The highest BCUT2D eigenvalue weighted by molar-refractivity contribution is 5.96. The molecule has 2 atom stereocenters. The van der Waals surface area contributed by atoms with Crippen LogP contribution in [0.15, 0.2) is 12.3 Å². The standard InChI is InChI=1S/C15H21N3O/c1-10-13(8-12(16)9-17-10)15(19)18-7-3-5-11-4-2-6-14(11)18/h8-9,11,14H,2-7,16H2,1H3. The van der Waals surface area contributed by atoms with Crippen molar-refractivity contribution in [1.82, 2.24) is 9.88 Å². The number of anilines is 1. The summed E-state index contributed by atoms with van der Waals surface area (Å²) in [5.74, 6) is 0.834. The van der Waals surface area contributed by atoms with Crippen LogP contribution in [0.25, 0.3) is 0 Å². The molecule has 0 spiro atoms. The van der Waals surface area contributed by atoms with E-state index in [9.17, 15) is 4.79 Å². The molecule has 1 amide bonds. The first kappa shape index (κ1) is 12.5. The number of rotatable bonds is 1. The summed E-state index contributed by atoms with van der Waals surface area (Å²) in [7, 11) is 0. The molecular formula is C15H21N3O. The number of pyridine rings is 1. The Labute approximate surface area is 114 Å². The Bertz CT molecular complexity index is 500. The number of amides is 1. The number of carbonyl (C=O) groups is 1. The zero-order valence-electron chi connectivity index (χ0n) is 11.4. The number of carbonyl (C=O) groups excluding carboxylic acids is 1. The number of nitrogens with two attached hydrogens (primary N) is 1. The van der Waals surface area contributed by atoms with Gasteiger partial charge in [0.25, 0.3) is 5.91 Å². The van der Waals surface area contributed by atoms with Crippen LogP contribution in [0.5, 0.6) is 0 Å². The van der Waals surface area contributed by atoms with Crippen molar-refractivity contribution < 1.29 is 4.79 Å². The molecule has 3 rings (SSSR count). The van der Waals surface area contributed by atoms with Crippen molar-refractivity contribution in [2.45, 2.75) is 45.1 Å². The fraction of sp³-hybridized carbons (Fsp3) is 0.600. The first-order valence-corrected chi connectivity index (χ1v) is 7.20. The minimum Gasteiger partial charge on any atom is -0.397 e. The van der Waals surface area contributed by atoms with Crippen LogP contribution < -0.4 is 5.73 Å². The van der Waals surface area contributed by atoms with Gasteiger partial charge >= 0.3 is 0 Å². The minimum atomic E-state index is 0.119. The lowest BCUT2D eigenvalue weighted by Gasteiger charge is -2.38. The zero-order chi connectivity index (χ0) is 13.4. The number of nitrogens with zero attached hydrogens (tertiary/aromatic N) is 2. The van der Waals surface area contributed by atoms with Crippen molar-refractivity contribution in [2.75, 3.05) is 12.3 Å². The van der Waals surface area contributed by atoms with Gasteiger partial charge in [0, 0.05) is 12.6 Å². The zero-order valence-corrected chi connectivity index (χ0v) is 11.4. The van der Waals surface area contributed by atoms with Crippen LogP contribution in [0.1, 0.15) is 48.2 Å².